The van der Waals surface area contributed by atoms with E-state index >= 15 is 0 Å². The largest absolute Gasteiger partial charge is 0.314 e. The van der Waals surface area contributed by atoms with Crippen molar-refractivity contribution in [3.8, 4) is 0 Å². The Labute approximate surface area is 72.7 Å². The molecule has 0 amide bonds. The zero-order chi connectivity index (χ0) is 7.52. The molecule has 11 heavy (non-hydrogen) atoms. The molecule has 2 rings (SSSR count). The zero-order valence-electron chi connectivity index (χ0n) is 6.88. The van der Waals surface area contributed by atoms with Gasteiger partial charge < -0.3 is 5.32 Å². The molecule has 2 saturated heterocycles. The normalized spacial score (nSPS) is 29.5. The molecule has 0 aliphatic carbocycles. The van der Waals surface area contributed by atoms with Gasteiger partial charge in [-0.25, -0.2) is 0 Å². The summed E-state index contributed by atoms with van der Waals surface area (Å²) in [5.74, 6) is 2.72. The van der Waals surface area contributed by atoms with Crippen molar-refractivity contribution in [2.75, 3.05) is 37.7 Å². The van der Waals surface area contributed by atoms with Gasteiger partial charge in [-0.1, -0.05) is 0 Å². The molecular weight excluding hydrogens is 156 g/mol. The van der Waals surface area contributed by atoms with Gasteiger partial charge in [0.2, 0.25) is 0 Å². The molecule has 0 aromatic heterocycles. The molecule has 0 aromatic carbocycles. The molecule has 3 heteroatoms. The lowest BCUT2D eigenvalue weighted by molar-refractivity contribution is 0.157. The lowest BCUT2D eigenvalue weighted by atomic mass is 10.1. The number of hydrogen-bond acceptors (Lipinski definition) is 3. The van der Waals surface area contributed by atoms with Gasteiger partial charge in [0.1, 0.15) is 0 Å². The smallest absolute Gasteiger partial charge is 0.0345 e. The van der Waals surface area contributed by atoms with Crippen molar-refractivity contribution < 1.29 is 0 Å². The van der Waals surface area contributed by atoms with Crippen LogP contribution in [-0.4, -0.2) is 48.6 Å². The van der Waals surface area contributed by atoms with E-state index in [9.17, 15) is 0 Å². The van der Waals surface area contributed by atoms with Gasteiger partial charge in [-0.2, -0.15) is 11.8 Å². The number of nitrogens with one attached hydrogen (secondary N) is 1. The van der Waals surface area contributed by atoms with E-state index in [0.29, 0.717) is 0 Å². The molecule has 0 radical (unpaired) electrons. The second-order valence-electron chi connectivity index (χ2n) is 3.31. The van der Waals surface area contributed by atoms with Gasteiger partial charge in [0.05, 0.1) is 0 Å². The number of hydrogen-bond donors (Lipinski definition) is 1. The highest BCUT2D eigenvalue weighted by Gasteiger charge is 2.24. The zero-order valence-corrected chi connectivity index (χ0v) is 7.70. The number of nitrogens with zero attached hydrogens (tertiary/aromatic N) is 1. The van der Waals surface area contributed by atoms with Gasteiger partial charge in [0, 0.05) is 31.4 Å². The van der Waals surface area contributed by atoms with Crippen molar-refractivity contribution in [2.45, 2.75) is 12.5 Å². The molecule has 2 aliphatic rings. The Morgan fingerprint density at radius 3 is 2.82 bits per heavy atom. The van der Waals surface area contributed by atoms with Crippen molar-refractivity contribution in [3.63, 3.8) is 0 Å². The van der Waals surface area contributed by atoms with Crippen molar-refractivity contribution in [2.24, 2.45) is 0 Å². The Kier molecular flexibility index (Phi) is 2.72. The maximum absolute atomic E-state index is 3.33. The van der Waals surface area contributed by atoms with Crippen molar-refractivity contribution in [3.05, 3.63) is 0 Å². The summed E-state index contributed by atoms with van der Waals surface area (Å²) in [6.07, 6.45) is 1.39. The average Bonchev–Trinajstić information content (AvgIpc) is 2.12. The molecule has 0 aromatic rings. The third-order valence-corrected chi connectivity index (χ3v) is 3.58. The minimum Gasteiger partial charge on any atom is -0.314 e. The van der Waals surface area contributed by atoms with Crippen molar-refractivity contribution in [1.29, 1.82) is 0 Å². The Morgan fingerprint density at radius 2 is 2.09 bits per heavy atom. The van der Waals surface area contributed by atoms with Gasteiger partial charge in [0.15, 0.2) is 0 Å². The molecule has 0 spiro atoms. The first kappa shape index (κ1) is 7.90. The molecule has 0 bridgehead atoms. The van der Waals surface area contributed by atoms with E-state index in [1.54, 1.807) is 0 Å². The SMILES string of the molecule is C1CSCCN(C2CNC2)C1. The quantitative estimate of drug-likeness (QED) is 0.616. The first-order valence-corrected chi connectivity index (χ1v) is 5.65. The molecular formula is C8H16N2S. The van der Waals surface area contributed by atoms with Crippen LogP contribution >= 0.6 is 11.8 Å². The molecule has 64 valence electrons. The van der Waals surface area contributed by atoms with E-state index in [0.717, 1.165) is 6.04 Å². The second kappa shape index (κ2) is 3.78. The molecule has 0 atom stereocenters. The van der Waals surface area contributed by atoms with Crippen molar-refractivity contribution >= 4 is 11.8 Å². The Bertz CT molecular complexity index is 117. The van der Waals surface area contributed by atoms with Crippen LogP contribution in [0.2, 0.25) is 0 Å². The monoisotopic (exact) mass is 172 g/mol. The number of rotatable bonds is 1. The van der Waals surface area contributed by atoms with Crippen LogP contribution in [0.1, 0.15) is 6.42 Å². The van der Waals surface area contributed by atoms with E-state index in [4.69, 9.17) is 0 Å². The third-order valence-electron chi connectivity index (χ3n) is 2.53. The Hall–Kier alpha value is 0.270. The van der Waals surface area contributed by atoms with Crippen LogP contribution in [0.3, 0.4) is 0 Å². The summed E-state index contributed by atoms with van der Waals surface area (Å²) < 4.78 is 0. The van der Waals surface area contributed by atoms with Crippen LogP contribution in [0.15, 0.2) is 0 Å². The van der Waals surface area contributed by atoms with Gasteiger partial charge in [0.25, 0.3) is 0 Å². The van der Waals surface area contributed by atoms with Crippen LogP contribution in [0, 0.1) is 0 Å². The Morgan fingerprint density at radius 1 is 1.18 bits per heavy atom. The third kappa shape index (κ3) is 1.89. The van der Waals surface area contributed by atoms with Gasteiger partial charge in [-0.3, -0.25) is 4.90 Å². The fourth-order valence-corrected chi connectivity index (χ4v) is 2.56. The fraction of sp³-hybridized carbons (Fsp3) is 1.00. The lowest BCUT2D eigenvalue weighted by Gasteiger charge is -2.37. The summed E-state index contributed by atoms with van der Waals surface area (Å²) >= 11 is 2.11. The van der Waals surface area contributed by atoms with Crippen molar-refractivity contribution in [1.82, 2.24) is 10.2 Å². The van der Waals surface area contributed by atoms with Crippen LogP contribution in [-0.2, 0) is 0 Å². The fourth-order valence-electron chi connectivity index (χ4n) is 1.66. The molecule has 2 nitrogen and oxygen atoms in total. The second-order valence-corrected chi connectivity index (χ2v) is 4.54. The summed E-state index contributed by atoms with van der Waals surface area (Å²) in [5, 5.41) is 3.33. The summed E-state index contributed by atoms with van der Waals surface area (Å²) in [5.41, 5.74) is 0. The molecule has 2 aliphatic heterocycles. The minimum absolute atomic E-state index is 0.869. The highest BCUT2D eigenvalue weighted by atomic mass is 32.2. The highest BCUT2D eigenvalue weighted by molar-refractivity contribution is 7.99. The molecule has 0 saturated carbocycles. The summed E-state index contributed by atoms with van der Waals surface area (Å²) in [4.78, 5) is 2.65. The Balaban J connectivity index is 1.80. The standard InChI is InChI=1S/C8H16N2S/c1-2-10(3-5-11-4-1)8-6-9-7-8/h8-9H,1-7H2. The average molecular weight is 172 g/mol. The van der Waals surface area contributed by atoms with E-state index in [1.807, 2.05) is 0 Å². The van der Waals surface area contributed by atoms with E-state index in [1.165, 1.54) is 44.1 Å². The summed E-state index contributed by atoms with van der Waals surface area (Å²) in [6, 6.07) is 0.869. The van der Waals surface area contributed by atoms with E-state index in [2.05, 4.69) is 22.0 Å². The lowest BCUT2D eigenvalue weighted by Crippen LogP contribution is -2.57. The molecule has 0 unspecified atom stereocenters. The van der Waals surface area contributed by atoms with Crippen LogP contribution in [0.4, 0.5) is 0 Å². The maximum Gasteiger partial charge on any atom is 0.0345 e. The first-order valence-electron chi connectivity index (χ1n) is 4.49. The van der Waals surface area contributed by atoms with Gasteiger partial charge in [-0.15, -0.1) is 0 Å². The van der Waals surface area contributed by atoms with Crippen LogP contribution in [0.25, 0.3) is 0 Å². The predicted molar refractivity (Wildman–Crippen MR) is 50.2 cm³/mol. The topological polar surface area (TPSA) is 15.3 Å². The van der Waals surface area contributed by atoms with Crippen LogP contribution in [0.5, 0.6) is 0 Å². The predicted octanol–water partition coefficient (Wildman–Crippen LogP) is 0.397. The highest BCUT2D eigenvalue weighted by Crippen LogP contribution is 2.13. The first-order chi connectivity index (χ1) is 5.47. The number of thioether (sulfide) groups is 1. The van der Waals surface area contributed by atoms with Gasteiger partial charge >= 0.3 is 0 Å². The molecule has 1 N–H and O–H groups in total. The minimum atomic E-state index is 0.869. The van der Waals surface area contributed by atoms with Gasteiger partial charge in [-0.05, 0) is 18.7 Å². The summed E-state index contributed by atoms with van der Waals surface area (Å²) in [7, 11) is 0. The molecule has 2 fully saturated rings. The molecule has 2 heterocycles. The summed E-state index contributed by atoms with van der Waals surface area (Å²) in [6.45, 7) is 5.10. The van der Waals surface area contributed by atoms with E-state index in [-0.39, 0.29) is 0 Å². The maximum atomic E-state index is 3.33. The van der Waals surface area contributed by atoms with Crippen LogP contribution < -0.4 is 5.32 Å². The van der Waals surface area contributed by atoms with E-state index < -0.39 is 0 Å².